The maximum absolute atomic E-state index is 14.2. The second-order valence-corrected chi connectivity index (χ2v) is 8.98. The first-order valence-corrected chi connectivity index (χ1v) is 10.6. The highest BCUT2D eigenvalue weighted by Crippen LogP contribution is 2.23. The fourth-order valence-electron chi connectivity index (χ4n) is 2.67. The van der Waals surface area contributed by atoms with Crippen molar-refractivity contribution in [1.82, 2.24) is 4.57 Å². The summed E-state index contributed by atoms with van der Waals surface area (Å²) in [5, 5.41) is 0. The largest absolute Gasteiger partial charge is 0.302 e. The van der Waals surface area contributed by atoms with Gasteiger partial charge in [-0.3, -0.25) is 4.79 Å². The number of aromatic nitrogens is 1. The summed E-state index contributed by atoms with van der Waals surface area (Å²) in [5.74, 6) is -0.245. The van der Waals surface area contributed by atoms with Gasteiger partial charge in [-0.25, -0.2) is 17.2 Å². The summed E-state index contributed by atoms with van der Waals surface area (Å²) in [5.41, 5.74) is -0.0638. The molecule has 0 N–H and O–H groups in total. The second-order valence-electron chi connectivity index (χ2n) is 5.73. The highest BCUT2D eigenvalue weighted by Gasteiger charge is 2.21. The molecule has 3 rings (SSSR count). The summed E-state index contributed by atoms with van der Waals surface area (Å²) in [6.07, 6.45) is 5.33. The molecular weight excluding hydrogens is 406 g/mol. The standard InChI is InChI=1S/C19H14F2N2O3S2/c1-3-9-23-17-14(21)10-12(20)11-15(17)27-19(23)22-18(24)13-7-5-6-8-16(13)28(25,26)4-2/h1,5-8,10-11H,4,9H2,2H3. The summed E-state index contributed by atoms with van der Waals surface area (Å²) in [6, 6.07) is 7.55. The zero-order chi connectivity index (χ0) is 20.5. The smallest absolute Gasteiger partial charge is 0.280 e. The highest BCUT2D eigenvalue weighted by molar-refractivity contribution is 7.91. The average Bonchev–Trinajstić information content (AvgIpc) is 2.99. The monoisotopic (exact) mass is 420 g/mol. The van der Waals surface area contributed by atoms with Gasteiger partial charge in [-0.05, 0) is 18.2 Å². The van der Waals surface area contributed by atoms with Crippen molar-refractivity contribution in [3.8, 4) is 12.3 Å². The maximum Gasteiger partial charge on any atom is 0.280 e. The first-order chi connectivity index (χ1) is 13.3. The van der Waals surface area contributed by atoms with Gasteiger partial charge in [0.2, 0.25) is 0 Å². The summed E-state index contributed by atoms with van der Waals surface area (Å²) in [6.45, 7) is 1.38. The summed E-state index contributed by atoms with van der Waals surface area (Å²) < 4.78 is 53.8. The van der Waals surface area contributed by atoms with E-state index in [-0.39, 0.29) is 37.8 Å². The zero-order valence-electron chi connectivity index (χ0n) is 14.6. The van der Waals surface area contributed by atoms with Crippen molar-refractivity contribution >= 4 is 37.3 Å². The predicted molar refractivity (Wildman–Crippen MR) is 103 cm³/mol. The van der Waals surface area contributed by atoms with Gasteiger partial charge in [-0.2, -0.15) is 4.99 Å². The van der Waals surface area contributed by atoms with Gasteiger partial charge in [0.25, 0.3) is 5.91 Å². The molecule has 28 heavy (non-hydrogen) atoms. The topological polar surface area (TPSA) is 68.5 Å². The van der Waals surface area contributed by atoms with Crippen molar-refractivity contribution in [3.05, 3.63) is 58.4 Å². The lowest BCUT2D eigenvalue weighted by atomic mass is 10.2. The molecule has 0 radical (unpaired) electrons. The molecule has 3 aromatic rings. The molecule has 0 atom stereocenters. The van der Waals surface area contributed by atoms with Gasteiger partial charge in [-0.1, -0.05) is 36.3 Å². The van der Waals surface area contributed by atoms with Crippen molar-refractivity contribution in [2.45, 2.75) is 18.4 Å². The summed E-state index contributed by atoms with van der Waals surface area (Å²) >= 11 is 0.885. The lowest BCUT2D eigenvalue weighted by molar-refractivity contribution is 0.0994. The van der Waals surface area contributed by atoms with Crippen molar-refractivity contribution in [3.63, 3.8) is 0 Å². The molecule has 0 fully saturated rings. The number of thiazole rings is 1. The van der Waals surface area contributed by atoms with Crippen LogP contribution >= 0.6 is 11.3 Å². The van der Waals surface area contributed by atoms with E-state index in [2.05, 4.69) is 10.9 Å². The Balaban J connectivity index is 2.25. The van der Waals surface area contributed by atoms with Gasteiger partial charge in [-0.15, -0.1) is 6.42 Å². The van der Waals surface area contributed by atoms with Crippen molar-refractivity contribution in [2.75, 3.05) is 5.75 Å². The Labute approximate surface area is 163 Å². The molecule has 0 unspecified atom stereocenters. The number of amides is 1. The first kappa shape index (κ1) is 19.9. The quantitative estimate of drug-likeness (QED) is 0.609. The summed E-state index contributed by atoms with van der Waals surface area (Å²) in [7, 11) is -3.65. The van der Waals surface area contributed by atoms with Crippen LogP contribution < -0.4 is 4.80 Å². The zero-order valence-corrected chi connectivity index (χ0v) is 16.3. The van der Waals surface area contributed by atoms with E-state index in [1.807, 2.05) is 0 Å². The highest BCUT2D eigenvalue weighted by atomic mass is 32.2. The van der Waals surface area contributed by atoms with Crippen molar-refractivity contribution < 1.29 is 22.0 Å². The van der Waals surface area contributed by atoms with Gasteiger partial charge >= 0.3 is 0 Å². The number of hydrogen-bond donors (Lipinski definition) is 0. The third-order valence-electron chi connectivity index (χ3n) is 3.97. The Hall–Kier alpha value is -2.83. The van der Waals surface area contributed by atoms with E-state index in [4.69, 9.17) is 6.42 Å². The van der Waals surface area contributed by atoms with Crippen LogP contribution in [0.2, 0.25) is 0 Å². The van der Waals surface area contributed by atoms with Crippen LogP contribution in [-0.4, -0.2) is 24.6 Å². The normalized spacial score (nSPS) is 12.3. The lowest BCUT2D eigenvalue weighted by Crippen LogP contribution is -2.18. The number of halogens is 2. The fraction of sp³-hybridized carbons (Fsp3) is 0.158. The molecule has 0 bridgehead atoms. The second kappa shape index (κ2) is 7.66. The minimum atomic E-state index is -3.65. The van der Waals surface area contributed by atoms with Crippen LogP contribution in [0.25, 0.3) is 10.2 Å². The van der Waals surface area contributed by atoms with Crippen LogP contribution in [0.3, 0.4) is 0 Å². The third kappa shape index (κ3) is 3.61. The van der Waals surface area contributed by atoms with Gasteiger partial charge < -0.3 is 4.57 Å². The van der Waals surface area contributed by atoms with E-state index in [9.17, 15) is 22.0 Å². The summed E-state index contributed by atoms with van der Waals surface area (Å²) in [4.78, 5) is 16.6. The van der Waals surface area contributed by atoms with Crippen LogP contribution in [0.5, 0.6) is 0 Å². The van der Waals surface area contributed by atoms with E-state index in [1.54, 1.807) is 0 Å². The van der Waals surface area contributed by atoms with E-state index in [0.717, 1.165) is 23.5 Å². The Bertz CT molecular complexity index is 1300. The van der Waals surface area contributed by atoms with Crippen LogP contribution in [0.15, 0.2) is 46.3 Å². The molecule has 144 valence electrons. The van der Waals surface area contributed by atoms with E-state index in [0.29, 0.717) is 0 Å². The number of fused-ring (bicyclic) bond motifs is 1. The van der Waals surface area contributed by atoms with E-state index < -0.39 is 27.4 Å². The Kier molecular flexibility index (Phi) is 5.45. The van der Waals surface area contributed by atoms with Crippen molar-refractivity contribution in [2.24, 2.45) is 4.99 Å². The number of terminal acetylenes is 1. The molecule has 1 aromatic heterocycles. The van der Waals surface area contributed by atoms with Crippen molar-refractivity contribution in [1.29, 1.82) is 0 Å². The van der Waals surface area contributed by atoms with Crippen LogP contribution in [0.4, 0.5) is 8.78 Å². The molecule has 0 aliphatic rings. The molecular formula is C19H14F2N2O3S2. The number of hydrogen-bond acceptors (Lipinski definition) is 4. The molecule has 0 spiro atoms. The Morgan fingerprint density at radius 3 is 2.68 bits per heavy atom. The number of rotatable bonds is 4. The van der Waals surface area contributed by atoms with Crippen LogP contribution in [0, 0.1) is 24.0 Å². The number of nitrogens with zero attached hydrogens (tertiary/aromatic N) is 2. The Morgan fingerprint density at radius 1 is 1.29 bits per heavy atom. The molecule has 0 aliphatic carbocycles. The SMILES string of the molecule is C#CCn1c(=NC(=O)c2ccccc2S(=O)(=O)CC)sc2cc(F)cc(F)c21. The van der Waals surface area contributed by atoms with Crippen LogP contribution in [-0.2, 0) is 16.4 Å². The van der Waals surface area contributed by atoms with E-state index in [1.165, 1.54) is 35.8 Å². The molecule has 0 saturated heterocycles. The van der Waals surface area contributed by atoms with Gasteiger partial charge in [0.1, 0.15) is 5.82 Å². The average molecular weight is 420 g/mol. The predicted octanol–water partition coefficient (Wildman–Crippen LogP) is 3.15. The minimum Gasteiger partial charge on any atom is -0.302 e. The number of benzene rings is 2. The lowest BCUT2D eigenvalue weighted by Gasteiger charge is -2.06. The molecule has 1 heterocycles. The number of carbonyl (C=O) groups is 1. The number of sulfone groups is 1. The molecule has 9 heteroatoms. The molecule has 2 aromatic carbocycles. The minimum absolute atomic E-state index is 0.0327. The third-order valence-corrected chi connectivity index (χ3v) is 6.79. The molecule has 5 nitrogen and oxygen atoms in total. The molecule has 0 saturated carbocycles. The van der Waals surface area contributed by atoms with Gasteiger partial charge in [0.05, 0.1) is 33.0 Å². The van der Waals surface area contributed by atoms with Crippen LogP contribution in [0.1, 0.15) is 17.3 Å². The van der Waals surface area contributed by atoms with E-state index >= 15 is 0 Å². The van der Waals surface area contributed by atoms with Gasteiger partial charge in [0.15, 0.2) is 20.5 Å². The fourth-order valence-corrected chi connectivity index (χ4v) is 4.82. The number of carbonyl (C=O) groups excluding carboxylic acids is 1. The molecule has 1 amide bonds. The van der Waals surface area contributed by atoms with Gasteiger partial charge in [0, 0.05) is 6.07 Å². The maximum atomic E-state index is 14.2. The Morgan fingerprint density at radius 2 is 2.00 bits per heavy atom. The molecule has 0 aliphatic heterocycles. The first-order valence-electron chi connectivity index (χ1n) is 8.11.